The van der Waals surface area contributed by atoms with Gasteiger partial charge in [0.15, 0.2) is 5.79 Å². The Morgan fingerprint density at radius 3 is 2.00 bits per heavy atom. The van der Waals surface area contributed by atoms with E-state index in [2.05, 4.69) is 6.92 Å². The average molecular weight is 403 g/mol. The Bertz CT molecular complexity index is 1030. The molecule has 30 heavy (non-hydrogen) atoms. The first-order valence-electron chi connectivity index (χ1n) is 10.8. The molecule has 0 spiro atoms. The molecule has 3 aliphatic heterocycles. The lowest BCUT2D eigenvalue weighted by Crippen LogP contribution is -2.53. The standard InChI is InChI=1S/C27H27FO2/c1-3-26-14-15-27(29-17-26,30-18-26)23-11-8-21(9-12-23)24-13-10-22(16-25(24)28)20-6-4-19(2)5-7-20/h4-13,16H,3,14-15,17-18H2,1-2H3. The van der Waals surface area contributed by atoms with Crippen LogP contribution in [0.2, 0.25) is 0 Å². The predicted molar refractivity (Wildman–Crippen MR) is 118 cm³/mol. The van der Waals surface area contributed by atoms with Crippen LogP contribution in [0.3, 0.4) is 0 Å². The van der Waals surface area contributed by atoms with Crippen molar-refractivity contribution in [3.63, 3.8) is 0 Å². The maximum Gasteiger partial charge on any atom is 0.194 e. The van der Waals surface area contributed by atoms with Crippen molar-refractivity contribution < 1.29 is 13.9 Å². The second-order valence-electron chi connectivity index (χ2n) is 8.82. The molecule has 3 saturated heterocycles. The van der Waals surface area contributed by atoms with Crippen molar-refractivity contribution in [1.29, 1.82) is 0 Å². The fourth-order valence-corrected chi connectivity index (χ4v) is 4.61. The van der Waals surface area contributed by atoms with Gasteiger partial charge in [-0.05, 0) is 42.5 Å². The van der Waals surface area contributed by atoms with Gasteiger partial charge in [-0.3, -0.25) is 0 Å². The summed E-state index contributed by atoms with van der Waals surface area (Å²) in [6.07, 6.45) is 3.08. The first kappa shape index (κ1) is 19.5. The van der Waals surface area contributed by atoms with Crippen LogP contribution in [0.25, 0.3) is 22.3 Å². The van der Waals surface area contributed by atoms with Crippen molar-refractivity contribution in [3.8, 4) is 22.3 Å². The third-order valence-electron chi connectivity index (χ3n) is 6.95. The number of hydrogen-bond acceptors (Lipinski definition) is 2. The second-order valence-corrected chi connectivity index (χ2v) is 8.82. The van der Waals surface area contributed by atoms with Crippen molar-refractivity contribution in [3.05, 3.63) is 83.7 Å². The Morgan fingerprint density at radius 1 is 0.800 bits per heavy atom. The minimum Gasteiger partial charge on any atom is -0.345 e. The van der Waals surface area contributed by atoms with E-state index in [1.807, 2.05) is 67.6 Å². The summed E-state index contributed by atoms with van der Waals surface area (Å²) in [7, 11) is 0. The van der Waals surface area contributed by atoms with E-state index in [-0.39, 0.29) is 11.2 Å². The van der Waals surface area contributed by atoms with Gasteiger partial charge in [-0.1, -0.05) is 73.2 Å². The molecule has 0 N–H and O–H groups in total. The topological polar surface area (TPSA) is 18.5 Å². The zero-order chi connectivity index (χ0) is 20.8. The van der Waals surface area contributed by atoms with E-state index in [1.54, 1.807) is 6.07 Å². The summed E-state index contributed by atoms with van der Waals surface area (Å²) in [4.78, 5) is 0. The highest BCUT2D eigenvalue weighted by Gasteiger charge is 2.51. The monoisotopic (exact) mass is 402 g/mol. The summed E-state index contributed by atoms with van der Waals surface area (Å²) < 4.78 is 27.3. The second kappa shape index (κ2) is 7.33. The number of halogens is 1. The fourth-order valence-electron chi connectivity index (χ4n) is 4.61. The van der Waals surface area contributed by atoms with Crippen LogP contribution in [0.4, 0.5) is 4.39 Å². The minimum absolute atomic E-state index is 0.185. The molecule has 3 aromatic rings. The van der Waals surface area contributed by atoms with Crippen LogP contribution in [0, 0.1) is 18.2 Å². The van der Waals surface area contributed by atoms with Crippen LogP contribution in [-0.2, 0) is 15.3 Å². The van der Waals surface area contributed by atoms with Crippen molar-refractivity contribution >= 4 is 0 Å². The van der Waals surface area contributed by atoms with E-state index in [9.17, 15) is 4.39 Å². The Balaban J connectivity index is 1.39. The zero-order valence-corrected chi connectivity index (χ0v) is 17.6. The molecule has 2 bridgehead atoms. The van der Waals surface area contributed by atoms with Crippen LogP contribution in [-0.4, -0.2) is 13.2 Å². The van der Waals surface area contributed by atoms with Gasteiger partial charge in [0.25, 0.3) is 0 Å². The lowest BCUT2D eigenvalue weighted by atomic mass is 9.75. The van der Waals surface area contributed by atoms with Crippen LogP contribution < -0.4 is 0 Å². The van der Waals surface area contributed by atoms with Gasteiger partial charge in [-0.15, -0.1) is 0 Å². The Morgan fingerprint density at radius 2 is 1.43 bits per heavy atom. The van der Waals surface area contributed by atoms with Crippen LogP contribution in [0.5, 0.6) is 0 Å². The van der Waals surface area contributed by atoms with Crippen LogP contribution >= 0.6 is 0 Å². The summed E-state index contributed by atoms with van der Waals surface area (Å²) in [5, 5.41) is 0. The largest absolute Gasteiger partial charge is 0.345 e. The summed E-state index contributed by atoms with van der Waals surface area (Å²) in [5.41, 5.74) is 5.77. The molecule has 154 valence electrons. The predicted octanol–water partition coefficient (Wildman–Crippen LogP) is 6.86. The molecule has 6 rings (SSSR count). The number of rotatable bonds is 4. The maximum atomic E-state index is 14.9. The summed E-state index contributed by atoms with van der Waals surface area (Å²) in [6, 6.07) is 21.6. The number of fused-ring (bicyclic) bond motifs is 3. The summed E-state index contributed by atoms with van der Waals surface area (Å²) >= 11 is 0. The molecule has 0 unspecified atom stereocenters. The molecule has 3 aliphatic rings. The number of ether oxygens (including phenoxy) is 2. The quantitative estimate of drug-likeness (QED) is 0.475. The molecule has 0 aliphatic carbocycles. The SMILES string of the molecule is CCC12CCC(c3ccc(-c4ccc(-c5ccc(C)cc5)cc4F)cc3)(OC1)OC2. The molecule has 0 amide bonds. The third-order valence-corrected chi connectivity index (χ3v) is 6.95. The fraction of sp³-hybridized carbons (Fsp3) is 0.333. The molecule has 2 nitrogen and oxygen atoms in total. The highest BCUT2D eigenvalue weighted by atomic mass is 19.1. The molecule has 0 radical (unpaired) electrons. The summed E-state index contributed by atoms with van der Waals surface area (Å²) in [6.45, 7) is 5.76. The van der Waals surface area contributed by atoms with Gasteiger partial charge in [0.1, 0.15) is 5.82 Å². The van der Waals surface area contributed by atoms with E-state index in [4.69, 9.17) is 9.47 Å². The van der Waals surface area contributed by atoms with Crippen LogP contribution in [0.15, 0.2) is 66.7 Å². The van der Waals surface area contributed by atoms with Crippen molar-refractivity contribution in [1.82, 2.24) is 0 Å². The van der Waals surface area contributed by atoms with Gasteiger partial charge in [0.2, 0.25) is 0 Å². The molecule has 3 fully saturated rings. The zero-order valence-electron chi connectivity index (χ0n) is 17.6. The number of hydrogen-bond donors (Lipinski definition) is 0. The Labute approximate surface area is 177 Å². The van der Waals surface area contributed by atoms with E-state index in [1.165, 1.54) is 5.56 Å². The van der Waals surface area contributed by atoms with E-state index < -0.39 is 5.79 Å². The molecule has 3 heteroatoms. The highest BCUT2D eigenvalue weighted by molar-refractivity contribution is 5.71. The van der Waals surface area contributed by atoms with E-state index in [0.29, 0.717) is 5.56 Å². The van der Waals surface area contributed by atoms with Crippen molar-refractivity contribution in [2.24, 2.45) is 5.41 Å². The molecule has 3 aromatic carbocycles. The summed E-state index contributed by atoms with van der Waals surface area (Å²) in [5.74, 6) is -0.849. The molecule has 3 heterocycles. The average Bonchev–Trinajstić information content (AvgIpc) is 2.81. The molecular weight excluding hydrogens is 375 g/mol. The van der Waals surface area contributed by atoms with Gasteiger partial charge >= 0.3 is 0 Å². The highest BCUT2D eigenvalue weighted by Crippen LogP contribution is 2.50. The molecular formula is C27H27FO2. The van der Waals surface area contributed by atoms with Gasteiger partial charge in [0, 0.05) is 23.0 Å². The number of benzene rings is 3. The normalized spacial score (nSPS) is 25.4. The van der Waals surface area contributed by atoms with Gasteiger partial charge in [-0.2, -0.15) is 0 Å². The van der Waals surface area contributed by atoms with Crippen molar-refractivity contribution in [2.45, 2.75) is 38.9 Å². The lowest BCUT2D eigenvalue weighted by molar-refractivity contribution is -0.350. The first-order valence-corrected chi connectivity index (χ1v) is 10.8. The Hall–Kier alpha value is -2.49. The third kappa shape index (κ3) is 3.27. The molecule has 0 atom stereocenters. The van der Waals surface area contributed by atoms with Crippen molar-refractivity contribution in [2.75, 3.05) is 13.2 Å². The Kier molecular flexibility index (Phi) is 4.76. The lowest BCUT2D eigenvalue weighted by Gasteiger charge is -2.52. The first-order chi connectivity index (χ1) is 14.5. The maximum absolute atomic E-state index is 14.9. The number of aryl methyl sites for hydroxylation is 1. The van der Waals surface area contributed by atoms with E-state index >= 15 is 0 Å². The smallest absolute Gasteiger partial charge is 0.194 e. The van der Waals surface area contributed by atoms with Gasteiger partial charge < -0.3 is 9.47 Å². The van der Waals surface area contributed by atoms with Crippen LogP contribution in [0.1, 0.15) is 37.3 Å². The van der Waals surface area contributed by atoms with E-state index in [0.717, 1.165) is 54.7 Å². The van der Waals surface area contributed by atoms with Gasteiger partial charge in [0.05, 0.1) is 13.2 Å². The minimum atomic E-state index is -0.636. The molecule has 0 aromatic heterocycles. The van der Waals surface area contributed by atoms with Gasteiger partial charge in [-0.25, -0.2) is 4.39 Å². The molecule has 0 saturated carbocycles.